The van der Waals surface area contributed by atoms with Gasteiger partial charge < -0.3 is 10.6 Å². The number of carbonyl (C=O) groups excluding carboxylic acids is 2. The lowest BCUT2D eigenvalue weighted by Crippen LogP contribution is -2.44. The van der Waals surface area contributed by atoms with Gasteiger partial charge in [0.05, 0.1) is 15.4 Å². The van der Waals surface area contributed by atoms with Gasteiger partial charge in [-0.1, -0.05) is 20.8 Å². The van der Waals surface area contributed by atoms with Gasteiger partial charge in [-0.25, -0.2) is 21.8 Å². The lowest BCUT2D eigenvalue weighted by Gasteiger charge is -2.23. The van der Waals surface area contributed by atoms with Crippen LogP contribution in [0.2, 0.25) is 0 Å². The fourth-order valence-electron chi connectivity index (χ4n) is 4.23. The summed E-state index contributed by atoms with van der Waals surface area (Å²) in [7, 11) is -8.87. The molecule has 0 atom stereocenters. The van der Waals surface area contributed by atoms with Gasteiger partial charge in [-0.15, -0.1) is 0 Å². The average molecular weight is 860 g/mol. The first-order chi connectivity index (χ1) is 25.6. The van der Waals surface area contributed by atoms with Crippen molar-refractivity contribution >= 4 is 43.1 Å². The molecule has 0 unspecified atom stereocenters. The van der Waals surface area contributed by atoms with E-state index in [-0.39, 0.29) is 11.2 Å². The molecule has 0 aliphatic heterocycles. The number of H-pyrrole nitrogens is 1. The van der Waals surface area contributed by atoms with E-state index in [0.717, 1.165) is 45.7 Å². The lowest BCUT2D eigenvalue weighted by molar-refractivity contribution is -0.142. The van der Waals surface area contributed by atoms with Crippen molar-refractivity contribution in [3.8, 4) is 0 Å². The van der Waals surface area contributed by atoms with Gasteiger partial charge in [0, 0.05) is 35.8 Å². The van der Waals surface area contributed by atoms with Gasteiger partial charge >= 0.3 is 18.5 Å². The van der Waals surface area contributed by atoms with Crippen molar-refractivity contribution in [2.24, 2.45) is 0 Å². The first-order valence-electron chi connectivity index (χ1n) is 15.9. The average Bonchev–Trinajstić information content (AvgIpc) is 3.57. The number of carbonyl (C=O) groups is 2. The normalized spacial score (nSPS) is 13.3. The molecule has 4 heterocycles. The van der Waals surface area contributed by atoms with E-state index in [4.69, 9.17) is 0 Å². The van der Waals surface area contributed by atoms with Crippen LogP contribution in [0.4, 0.5) is 51.1 Å². The van der Waals surface area contributed by atoms with E-state index >= 15 is 0 Å². The monoisotopic (exact) mass is 859 g/mol. The molecule has 0 radical (unpaired) electrons. The van der Waals surface area contributed by atoms with Gasteiger partial charge in [-0.05, 0) is 64.1 Å². The highest BCUT2D eigenvalue weighted by Gasteiger charge is 2.45. The SMILES string of the molecule is CC(C)(C(=O)Nc1cc(C(F)(F)F)ccn1)S(=O)(=O)c1ccc(C(F)(F)F)nc1.CC(C)(C)c1cc(NC(=O)C(C)(C)S(=O)(=O)c2ccc(C(F)(F)F)nc2)n[nH]1. The molecular formula is C33H34F9N7O6S2. The van der Waals surface area contributed by atoms with Crippen molar-refractivity contribution in [2.75, 3.05) is 10.6 Å². The summed E-state index contributed by atoms with van der Waals surface area (Å²) in [6.45, 7) is 10.00. The first-order valence-corrected chi connectivity index (χ1v) is 18.9. The maximum atomic E-state index is 12.8. The molecule has 2 amide bonds. The number of anilines is 2. The molecule has 57 heavy (non-hydrogen) atoms. The van der Waals surface area contributed by atoms with E-state index in [1.54, 1.807) is 6.07 Å². The summed E-state index contributed by atoms with van der Waals surface area (Å²) < 4.78 is 161. The number of aromatic nitrogens is 5. The molecule has 0 aromatic carbocycles. The van der Waals surface area contributed by atoms with Gasteiger partial charge in [0.15, 0.2) is 25.5 Å². The number of rotatable bonds is 8. The maximum absolute atomic E-state index is 12.8. The molecule has 312 valence electrons. The van der Waals surface area contributed by atoms with Crippen LogP contribution in [-0.2, 0) is 53.2 Å². The Labute approximate surface area is 319 Å². The largest absolute Gasteiger partial charge is 0.433 e. The van der Waals surface area contributed by atoms with Gasteiger partial charge in [0.2, 0.25) is 11.8 Å². The smallest absolute Gasteiger partial charge is 0.309 e. The molecule has 0 spiro atoms. The zero-order valence-electron chi connectivity index (χ0n) is 30.7. The van der Waals surface area contributed by atoms with E-state index in [2.05, 4.69) is 30.5 Å². The van der Waals surface area contributed by atoms with Crippen molar-refractivity contribution in [2.45, 2.75) is 91.7 Å². The van der Waals surface area contributed by atoms with E-state index < -0.39 is 92.1 Å². The second-order valence-electron chi connectivity index (χ2n) is 14.0. The zero-order valence-corrected chi connectivity index (χ0v) is 32.4. The summed E-state index contributed by atoms with van der Waals surface area (Å²) in [6, 6.07) is 5.18. The summed E-state index contributed by atoms with van der Waals surface area (Å²) in [5.41, 5.74) is -3.19. The molecule has 0 saturated carbocycles. The fourth-order valence-corrected chi connectivity index (χ4v) is 6.87. The highest BCUT2D eigenvalue weighted by Crippen LogP contribution is 2.34. The summed E-state index contributed by atoms with van der Waals surface area (Å²) in [6.07, 6.45) is -12.4. The molecule has 13 nitrogen and oxygen atoms in total. The van der Waals surface area contributed by atoms with Crippen LogP contribution in [0.25, 0.3) is 0 Å². The Hall–Kier alpha value is -5.13. The second kappa shape index (κ2) is 15.7. The van der Waals surface area contributed by atoms with Crippen molar-refractivity contribution in [3.63, 3.8) is 0 Å². The van der Waals surface area contributed by atoms with E-state index in [9.17, 15) is 65.9 Å². The number of aromatic amines is 1. The zero-order chi connectivity index (χ0) is 43.8. The highest BCUT2D eigenvalue weighted by atomic mass is 32.2. The number of hydrogen-bond acceptors (Lipinski definition) is 10. The number of halogens is 9. The molecule has 0 bridgehead atoms. The molecule has 4 aromatic rings. The van der Waals surface area contributed by atoms with Crippen LogP contribution in [0, 0.1) is 0 Å². The van der Waals surface area contributed by atoms with Crippen LogP contribution in [-0.4, -0.2) is 63.3 Å². The number of alkyl halides is 9. The molecule has 3 N–H and O–H groups in total. The Morgan fingerprint density at radius 3 is 1.33 bits per heavy atom. The number of pyridine rings is 3. The second-order valence-corrected chi connectivity index (χ2v) is 19.0. The predicted octanol–water partition coefficient (Wildman–Crippen LogP) is 7.02. The predicted molar refractivity (Wildman–Crippen MR) is 185 cm³/mol. The van der Waals surface area contributed by atoms with E-state index in [1.165, 1.54) is 0 Å². The summed E-state index contributed by atoms with van der Waals surface area (Å²) in [4.78, 5) is 33.6. The standard InChI is InChI=1S/C17H21F3N4O3S.C16H13F6N3O3S/c1-15(2,3)12-8-13(24-23-12)22-14(25)16(4,5)28(26,27)10-6-7-11(21-9-10)17(18,19)20;1-14(2,13(26)25-12-7-9(5-6-23-12)15(17,18)19)29(27,28)10-3-4-11(24-8-10)16(20,21)22/h6-9H,1-5H3,(H2,22,23,24,25);3-8H,1-2H3,(H,23,25,26). The Bertz CT molecular complexity index is 2320. The molecule has 4 aromatic heterocycles. The van der Waals surface area contributed by atoms with Crippen LogP contribution in [0.1, 0.15) is 71.1 Å². The number of hydrogen-bond donors (Lipinski definition) is 3. The Morgan fingerprint density at radius 1 is 0.579 bits per heavy atom. The van der Waals surface area contributed by atoms with Crippen LogP contribution < -0.4 is 10.6 Å². The molecule has 4 rings (SSSR count). The van der Waals surface area contributed by atoms with Crippen LogP contribution in [0.3, 0.4) is 0 Å². The minimum Gasteiger partial charge on any atom is -0.309 e. The van der Waals surface area contributed by atoms with E-state index in [0.29, 0.717) is 42.7 Å². The third kappa shape index (κ3) is 10.4. The number of sulfone groups is 2. The van der Waals surface area contributed by atoms with Gasteiger partial charge in [0.25, 0.3) is 0 Å². The number of nitrogens with zero attached hydrogens (tertiary/aromatic N) is 4. The lowest BCUT2D eigenvalue weighted by atomic mass is 9.92. The molecule has 0 aliphatic rings. The molecule has 0 aliphatic carbocycles. The van der Waals surface area contributed by atoms with Crippen LogP contribution in [0.5, 0.6) is 0 Å². The van der Waals surface area contributed by atoms with Gasteiger partial charge in [-0.3, -0.25) is 24.7 Å². The van der Waals surface area contributed by atoms with E-state index in [1.807, 2.05) is 26.1 Å². The molecule has 0 fully saturated rings. The number of amides is 2. The molecule has 0 saturated heterocycles. The highest BCUT2D eigenvalue weighted by molar-refractivity contribution is 7.94. The first kappa shape index (κ1) is 46.3. The minimum absolute atomic E-state index is 0.142. The Morgan fingerprint density at radius 2 is 1.00 bits per heavy atom. The van der Waals surface area contributed by atoms with Gasteiger partial charge in [-0.2, -0.15) is 44.6 Å². The van der Waals surface area contributed by atoms with Crippen molar-refractivity contribution in [1.82, 2.24) is 25.1 Å². The quantitative estimate of drug-likeness (QED) is 0.155. The molecule has 24 heteroatoms. The summed E-state index contributed by atoms with van der Waals surface area (Å²) in [5.74, 6) is -2.51. The third-order valence-electron chi connectivity index (χ3n) is 8.07. The number of nitrogens with one attached hydrogen (secondary N) is 3. The summed E-state index contributed by atoms with van der Waals surface area (Å²) in [5, 5.41) is 11.1. The van der Waals surface area contributed by atoms with Crippen molar-refractivity contribution in [3.05, 3.63) is 83.7 Å². The van der Waals surface area contributed by atoms with Gasteiger partial charge in [0.1, 0.15) is 26.7 Å². The van der Waals surface area contributed by atoms with Crippen molar-refractivity contribution in [1.29, 1.82) is 0 Å². The molecular weight excluding hydrogens is 826 g/mol. The van der Waals surface area contributed by atoms with Crippen LogP contribution in [0.15, 0.2) is 70.8 Å². The fraction of sp³-hybridized carbons (Fsp3) is 0.394. The van der Waals surface area contributed by atoms with Crippen LogP contribution >= 0.6 is 0 Å². The minimum atomic E-state index is -4.79. The topological polar surface area (TPSA) is 194 Å². The third-order valence-corrected chi connectivity index (χ3v) is 12.9. The Kier molecular flexibility index (Phi) is 12.7. The Balaban J connectivity index is 0.000000306. The maximum Gasteiger partial charge on any atom is 0.433 e. The van der Waals surface area contributed by atoms with Crippen molar-refractivity contribution < 1.29 is 65.9 Å². The summed E-state index contributed by atoms with van der Waals surface area (Å²) >= 11 is 0.